The third kappa shape index (κ3) is 5.69. The summed E-state index contributed by atoms with van der Waals surface area (Å²) >= 11 is 0. The van der Waals surface area contributed by atoms with E-state index in [0.29, 0.717) is 19.7 Å². The Morgan fingerprint density at radius 1 is 1.39 bits per heavy atom. The number of hydrogen-bond donors (Lipinski definition) is 2. The SMILES string of the molecule is C#CCNC[C@@H](O)COCc1ccc(OC)cc1. The molecular weight excluding hydrogens is 230 g/mol. The number of nitrogens with one attached hydrogen (secondary N) is 1. The molecular formula is C14H19NO3. The second-order valence-corrected chi connectivity index (χ2v) is 3.85. The van der Waals surface area contributed by atoms with Crippen molar-refractivity contribution in [2.45, 2.75) is 12.7 Å². The third-order valence-electron chi connectivity index (χ3n) is 2.35. The van der Waals surface area contributed by atoms with Crippen molar-refractivity contribution in [2.75, 3.05) is 26.8 Å². The number of benzene rings is 1. The Morgan fingerprint density at radius 2 is 2.11 bits per heavy atom. The molecule has 0 spiro atoms. The number of hydrogen-bond acceptors (Lipinski definition) is 4. The summed E-state index contributed by atoms with van der Waals surface area (Å²) in [5.41, 5.74) is 1.04. The highest BCUT2D eigenvalue weighted by Gasteiger charge is 2.03. The van der Waals surface area contributed by atoms with Gasteiger partial charge in [0.15, 0.2) is 0 Å². The van der Waals surface area contributed by atoms with Crippen molar-refractivity contribution >= 4 is 0 Å². The van der Waals surface area contributed by atoms with Crippen LogP contribution in [-0.4, -0.2) is 38.0 Å². The van der Waals surface area contributed by atoms with Gasteiger partial charge in [0.1, 0.15) is 5.75 Å². The molecule has 0 heterocycles. The summed E-state index contributed by atoms with van der Waals surface area (Å²) in [7, 11) is 1.63. The highest BCUT2D eigenvalue weighted by atomic mass is 16.5. The molecule has 0 radical (unpaired) electrons. The van der Waals surface area contributed by atoms with Crippen molar-refractivity contribution in [3.05, 3.63) is 29.8 Å². The molecule has 0 amide bonds. The van der Waals surface area contributed by atoms with Crippen LogP contribution in [0.25, 0.3) is 0 Å². The summed E-state index contributed by atoms with van der Waals surface area (Å²) in [5.74, 6) is 3.26. The molecule has 0 aliphatic heterocycles. The summed E-state index contributed by atoms with van der Waals surface area (Å²) in [6.45, 7) is 1.64. The van der Waals surface area contributed by atoms with E-state index in [9.17, 15) is 5.11 Å². The topological polar surface area (TPSA) is 50.7 Å². The fourth-order valence-corrected chi connectivity index (χ4v) is 1.40. The van der Waals surface area contributed by atoms with Crippen LogP contribution in [-0.2, 0) is 11.3 Å². The first-order chi connectivity index (χ1) is 8.76. The Hall–Kier alpha value is -1.54. The molecule has 0 aromatic heterocycles. The number of ether oxygens (including phenoxy) is 2. The predicted octanol–water partition coefficient (Wildman–Crippen LogP) is 0.795. The van der Waals surface area contributed by atoms with Crippen LogP contribution in [0.15, 0.2) is 24.3 Å². The van der Waals surface area contributed by atoms with Crippen molar-refractivity contribution in [3.8, 4) is 18.1 Å². The van der Waals surface area contributed by atoms with Gasteiger partial charge in [-0.25, -0.2) is 0 Å². The molecule has 98 valence electrons. The molecule has 4 nitrogen and oxygen atoms in total. The number of methoxy groups -OCH3 is 1. The van der Waals surface area contributed by atoms with Gasteiger partial charge in [-0.1, -0.05) is 18.1 Å². The van der Waals surface area contributed by atoms with Crippen molar-refractivity contribution in [1.82, 2.24) is 5.32 Å². The number of rotatable bonds is 8. The van der Waals surface area contributed by atoms with E-state index in [0.717, 1.165) is 11.3 Å². The minimum absolute atomic E-state index is 0.281. The summed E-state index contributed by atoms with van der Waals surface area (Å²) in [4.78, 5) is 0. The van der Waals surface area contributed by atoms with Gasteiger partial charge in [0.05, 0.1) is 33.0 Å². The summed E-state index contributed by atoms with van der Waals surface area (Å²) < 4.78 is 10.5. The second-order valence-electron chi connectivity index (χ2n) is 3.85. The molecule has 0 bridgehead atoms. The molecule has 0 aliphatic carbocycles. The Kier molecular flexibility index (Phi) is 6.89. The quantitative estimate of drug-likeness (QED) is 0.528. The molecule has 1 aromatic carbocycles. The van der Waals surface area contributed by atoms with Gasteiger partial charge in [-0.05, 0) is 17.7 Å². The van der Waals surface area contributed by atoms with Gasteiger partial charge in [-0.2, -0.15) is 0 Å². The number of aliphatic hydroxyl groups excluding tert-OH is 1. The number of aliphatic hydroxyl groups is 1. The zero-order valence-corrected chi connectivity index (χ0v) is 10.6. The van der Waals surface area contributed by atoms with Crippen LogP contribution in [0.2, 0.25) is 0 Å². The van der Waals surface area contributed by atoms with E-state index in [1.807, 2.05) is 24.3 Å². The lowest BCUT2D eigenvalue weighted by Crippen LogP contribution is -2.30. The van der Waals surface area contributed by atoms with Gasteiger partial charge >= 0.3 is 0 Å². The standard InChI is InChI=1S/C14H19NO3/c1-3-8-15-9-13(16)11-18-10-12-4-6-14(17-2)7-5-12/h1,4-7,13,15-16H,8-11H2,2H3/t13-/m1/s1. The van der Waals surface area contributed by atoms with E-state index in [1.54, 1.807) is 7.11 Å². The van der Waals surface area contributed by atoms with Crippen LogP contribution in [0.3, 0.4) is 0 Å². The molecule has 18 heavy (non-hydrogen) atoms. The predicted molar refractivity (Wildman–Crippen MR) is 70.4 cm³/mol. The van der Waals surface area contributed by atoms with E-state index >= 15 is 0 Å². The van der Waals surface area contributed by atoms with Gasteiger partial charge in [0, 0.05) is 6.54 Å². The minimum Gasteiger partial charge on any atom is -0.497 e. The molecule has 2 N–H and O–H groups in total. The smallest absolute Gasteiger partial charge is 0.118 e. The van der Waals surface area contributed by atoms with Crippen LogP contribution in [0.4, 0.5) is 0 Å². The van der Waals surface area contributed by atoms with Crippen molar-refractivity contribution in [3.63, 3.8) is 0 Å². The van der Waals surface area contributed by atoms with Crippen molar-refractivity contribution < 1.29 is 14.6 Å². The number of terminal acetylenes is 1. The first-order valence-corrected chi connectivity index (χ1v) is 5.79. The lowest BCUT2D eigenvalue weighted by Gasteiger charge is -2.11. The van der Waals surface area contributed by atoms with Crippen LogP contribution < -0.4 is 10.1 Å². The third-order valence-corrected chi connectivity index (χ3v) is 2.35. The van der Waals surface area contributed by atoms with Crippen LogP contribution >= 0.6 is 0 Å². The first-order valence-electron chi connectivity index (χ1n) is 5.79. The molecule has 1 rings (SSSR count). The molecule has 0 saturated heterocycles. The summed E-state index contributed by atoms with van der Waals surface area (Å²) in [5, 5.41) is 12.5. The average molecular weight is 249 g/mol. The van der Waals surface area contributed by atoms with Gasteiger partial charge in [0.25, 0.3) is 0 Å². The second kappa shape index (κ2) is 8.54. The largest absolute Gasteiger partial charge is 0.497 e. The van der Waals surface area contributed by atoms with E-state index in [1.165, 1.54) is 0 Å². The van der Waals surface area contributed by atoms with Gasteiger partial charge in [-0.15, -0.1) is 6.42 Å². The van der Waals surface area contributed by atoms with Crippen molar-refractivity contribution in [2.24, 2.45) is 0 Å². The fourth-order valence-electron chi connectivity index (χ4n) is 1.40. The highest BCUT2D eigenvalue weighted by Crippen LogP contribution is 2.11. The Labute approximate surface area is 108 Å². The Bertz CT molecular complexity index is 370. The van der Waals surface area contributed by atoms with Gasteiger partial charge < -0.3 is 19.9 Å². The highest BCUT2D eigenvalue weighted by molar-refractivity contribution is 5.26. The van der Waals surface area contributed by atoms with Crippen LogP contribution in [0.1, 0.15) is 5.56 Å². The zero-order chi connectivity index (χ0) is 13.2. The molecule has 0 fully saturated rings. The maximum Gasteiger partial charge on any atom is 0.118 e. The molecule has 0 saturated carbocycles. The maximum atomic E-state index is 9.56. The maximum absolute atomic E-state index is 9.56. The van der Waals surface area contributed by atoms with E-state index in [-0.39, 0.29) is 6.61 Å². The lowest BCUT2D eigenvalue weighted by atomic mass is 10.2. The van der Waals surface area contributed by atoms with Crippen LogP contribution in [0, 0.1) is 12.3 Å². The molecule has 0 unspecified atom stereocenters. The lowest BCUT2D eigenvalue weighted by molar-refractivity contribution is 0.0293. The summed E-state index contributed by atoms with van der Waals surface area (Å²) in [6.07, 6.45) is 4.53. The zero-order valence-electron chi connectivity index (χ0n) is 10.6. The van der Waals surface area contributed by atoms with Gasteiger partial charge in [0.2, 0.25) is 0 Å². The van der Waals surface area contributed by atoms with E-state index in [4.69, 9.17) is 15.9 Å². The van der Waals surface area contributed by atoms with Crippen LogP contribution in [0.5, 0.6) is 5.75 Å². The molecule has 0 aliphatic rings. The summed E-state index contributed by atoms with van der Waals surface area (Å²) in [6, 6.07) is 7.62. The fraction of sp³-hybridized carbons (Fsp3) is 0.429. The molecule has 4 heteroatoms. The van der Waals surface area contributed by atoms with Crippen molar-refractivity contribution in [1.29, 1.82) is 0 Å². The van der Waals surface area contributed by atoms with Gasteiger partial charge in [-0.3, -0.25) is 0 Å². The Balaban J connectivity index is 2.18. The van der Waals surface area contributed by atoms with E-state index in [2.05, 4.69) is 11.2 Å². The van der Waals surface area contributed by atoms with E-state index < -0.39 is 6.10 Å². The first kappa shape index (κ1) is 14.5. The Morgan fingerprint density at radius 3 is 2.72 bits per heavy atom. The monoisotopic (exact) mass is 249 g/mol. The molecule has 1 aromatic rings. The average Bonchev–Trinajstić information content (AvgIpc) is 2.40. The normalized spacial score (nSPS) is 11.8. The molecule has 1 atom stereocenters. The minimum atomic E-state index is -0.545.